The molecule has 0 amide bonds. The summed E-state index contributed by atoms with van der Waals surface area (Å²) in [5, 5.41) is 17.6. The van der Waals surface area contributed by atoms with Gasteiger partial charge in [-0.2, -0.15) is 25.3 Å². The molecule has 0 radical (unpaired) electrons. The van der Waals surface area contributed by atoms with Gasteiger partial charge in [0, 0.05) is 0 Å². The number of aryl methyl sites for hydroxylation is 2. The van der Waals surface area contributed by atoms with E-state index >= 15 is 0 Å². The average molecular weight is 625 g/mol. The van der Waals surface area contributed by atoms with E-state index in [1.54, 1.807) is 36.4 Å². The van der Waals surface area contributed by atoms with E-state index in [9.17, 15) is 16.8 Å². The normalized spacial score (nSPS) is 10.8. The van der Waals surface area contributed by atoms with Crippen molar-refractivity contribution in [2.75, 3.05) is 0 Å². The molecule has 40 heavy (non-hydrogen) atoms. The molecule has 0 aromatic heterocycles. The van der Waals surface area contributed by atoms with Crippen molar-refractivity contribution < 1.29 is 62.0 Å². The average Bonchev–Trinajstić information content (AvgIpc) is 2.80. The van der Waals surface area contributed by atoms with Gasteiger partial charge in [0.1, 0.15) is 11.5 Å². The second-order valence-electron chi connectivity index (χ2n) is 7.23. The molecule has 0 unspecified atom stereocenters. The minimum atomic E-state index is -4.67. The lowest BCUT2D eigenvalue weighted by Gasteiger charge is -2.01. The number of phenolic OH excluding ortho intramolecular Hbond substituents is 2. The van der Waals surface area contributed by atoms with Gasteiger partial charge in [-0.05, 0) is 66.4 Å². The minimum absolute atomic E-state index is 0.0602. The van der Waals surface area contributed by atoms with Crippen molar-refractivity contribution in [3.05, 3.63) is 90.0 Å². The van der Waals surface area contributed by atoms with Crippen LogP contribution in [0.4, 0.5) is 0 Å². The summed E-state index contributed by atoms with van der Waals surface area (Å²) in [5.41, 5.74) is 2.84. The lowest BCUT2D eigenvalue weighted by atomic mass is 10.2. The molecular weight excluding hydrogens is 596 g/mol. The molecule has 0 aliphatic carbocycles. The molecule has 3 aromatic carbocycles. The Morgan fingerprint density at radius 3 is 1.40 bits per heavy atom. The topological polar surface area (TPSA) is 242 Å². The largest absolute Gasteiger partial charge is 0.504 e. The molecule has 0 fully saturated rings. The van der Waals surface area contributed by atoms with Crippen LogP contribution in [0.2, 0.25) is 0 Å². The number of hydrogen-bond donors (Lipinski definition) is 6. The second kappa shape index (κ2) is 16.4. The third-order valence-corrected chi connectivity index (χ3v) is 4.79. The van der Waals surface area contributed by atoms with Crippen LogP contribution in [0.25, 0.3) is 6.08 Å². The van der Waals surface area contributed by atoms with Crippen molar-refractivity contribution >= 4 is 37.3 Å². The molecule has 0 saturated heterocycles. The lowest BCUT2D eigenvalue weighted by molar-refractivity contribution is 0.379. The van der Waals surface area contributed by atoms with Crippen LogP contribution in [0.3, 0.4) is 0 Å². The van der Waals surface area contributed by atoms with Crippen molar-refractivity contribution in [1.82, 2.24) is 0 Å². The maximum atomic E-state index is 10.3. The van der Waals surface area contributed by atoms with Crippen LogP contribution in [0.15, 0.2) is 73.3 Å². The first-order valence-electron chi connectivity index (χ1n) is 10.6. The molecule has 0 saturated carbocycles. The van der Waals surface area contributed by atoms with Crippen LogP contribution < -0.4 is 8.37 Å². The van der Waals surface area contributed by atoms with E-state index in [-0.39, 0.29) is 23.0 Å². The zero-order valence-electron chi connectivity index (χ0n) is 21.0. The SMILES string of the molecule is C=Cc1ccc(OS(=O)(=O)O)cc1.CCc1ccc(OS(=O)(=O)O)cc1.Cc1ccc(O)c(O)c1.O=S(=O)(O)O. The van der Waals surface area contributed by atoms with E-state index in [0.717, 1.165) is 23.1 Å². The van der Waals surface area contributed by atoms with E-state index in [1.165, 1.54) is 36.4 Å². The summed E-state index contributed by atoms with van der Waals surface area (Å²) in [6.45, 7) is 7.36. The maximum Gasteiger partial charge on any atom is 0.446 e. The highest BCUT2D eigenvalue weighted by molar-refractivity contribution is 7.81. The molecule has 17 heteroatoms. The zero-order chi connectivity index (χ0) is 31.1. The van der Waals surface area contributed by atoms with Gasteiger partial charge >= 0.3 is 31.2 Å². The Kier molecular flexibility index (Phi) is 14.9. The van der Waals surface area contributed by atoms with Crippen LogP contribution in [0, 0.1) is 6.92 Å². The van der Waals surface area contributed by atoms with E-state index in [1.807, 2.05) is 13.8 Å². The number of rotatable bonds is 6. The summed E-state index contributed by atoms with van der Waals surface area (Å²) in [7, 11) is -13.5. The first-order chi connectivity index (χ1) is 18.2. The minimum Gasteiger partial charge on any atom is -0.504 e. The van der Waals surface area contributed by atoms with Gasteiger partial charge < -0.3 is 18.6 Å². The summed E-state index contributed by atoms with van der Waals surface area (Å²) in [4.78, 5) is 0. The Labute approximate surface area is 232 Å². The highest BCUT2D eigenvalue weighted by Crippen LogP contribution is 2.24. The van der Waals surface area contributed by atoms with Gasteiger partial charge in [0.05, 0.1) is 0 Å². The molecular formula is C23H28O14S3. The van der Waals surface area contributed by atoms with E-state index in [0.29, 0.717) is 0 Å². The molecule has 0 aliphatic rings. The van der Waals surface area contributed by atoms with Crippen molar-refractivity contribution in [3.63, 3.8) is 0 Å². The van der Waals surface area contributed by atoms with Gasteiger partial charge in [0.15, 0.2) is 11.5 Å². The van der Waals surface area contributed by atoms with E-state index in [4.69, 9.17) is 36.8 Å². The Morgan fingerprint density at radius 2 is 1.10 bits per heavy atom. The summed E-state index contributed by atoms with van der Waals surface area (Å²) >= 11 is 0. The first-order valence-corrected chi connectivity index (χ1v) is 14.7. The molecule has 3 aromatic rings. The molecule has 0 heterocycles. The van der Waals surface area contributed by atoms with Crippen molar-refractivity contribution in [2.24, 2.45) is 0 Å². The molecule has 0 aliphatic heterocycles. The predicted octanol–water partition coefficient (Wildman–Crippen LogP) is 3.70. The summed E-state index contributed by atoms with van der Waals surface area (Å²) < 4.78 is 97.8. The van der Waals surface area contributed by atoms with E-state index < -0.39 is 31.2 Å². The fourth-order valence-electron chi connectivity index (χ4n) is 2.32. The molecule has 14 nitrogen and oxygen atoms in total. The molecule has 222 valence electrons. The molecule has 0 spiro atoms. The van der Waals surface area contributed by atoms with Gasteiger partial charge in [-0.3, -0.25) is 18.2 Å². The van der Waals surface area contributed by atoms with E-state index in [2.05, 4.69) is 14.9 Å². The van der Waals surface area contributed by atoms with Crippen LogP contribution >= 0.6 is 0 Å². The van der Waals surface area contributed by atoms with Crippen LogP contribution in [-0.4, -0.2) is 53.7 Å². The quantitative estimate of drug-likeness (QED) is 0.169. The number of hydrogen-bond acceptors (Lipinski definition) is 10. The molecule has 6 N–H and O–H groups in total. The third kappa shape index (κ3) is 20.3. The summed E-state index contributed by atoms with van der Waals surface area (Å²) in [5.74, 6) is 0.0448. The standard InChI is InChI=1S/C8H10O4S.C8H8O4S.C7H8O2.H2O4S/c2*1-2-7-3-5-8(6-4-7)12-13(9,10)11;1-5-2-3-6(8)7(9)4-5;1-5(2,3)4/h3-6H,2H2,1H3,(H,9,10,11);2-6H,1H2,(H,9,10,11);2-4,8-9H,1H3;(H2,1,2,3,4). The Morgan fingerprint density at radius 1 is 0.700 bits per heavy atom. The molecule has 0 atom stereocenters. The molecule has 0 bridgehead atoms. The van der Waals surface area contributed by atoms with Gasteiger partial charge in [0.25, 0.3) is 0 Å². The van der Waals surface area contributed by atoms with Crippen LogP contribution in [-0.2, 0) is 37.6 Å². The third-order valence-electron chi connectivity index (χ3n) is 3.98. The van der Waals surface area contributed by atoms with Crippen LogP contribution in [0.1, 0.15) is 23.6 Å². The maximum absolute atomic E-state index is 10.3. The fraction of sp³-hybridized carbons (Fsp3) is 0.130. The van der Waals surface area contributed by atoms with Crippen molar-refractivity contribution in [2.45, 2.75) is 20.3 Å². The van der Waals surface area contributed by atoms with Gasteiger partial charge in [-0.1, -0.05) is 49.9 Å². The fourth-order valence-corrected chi connectivity index (χ4v) is 3.03. The van der Waals surface area contributed by atoms with Gasteiger partial charge in [0.2, 0.25) is 0 Å². The summed E-state index contributed by atoms with van der Waals surface area (Å²) in [6, 6.07) is 17.2. The Balaban J connectivity index is 0.000000533. The monoisotopic (exact) mass is 624 g/mol. The first kappa shape index (κ1) is 36.3. The summed E-state index contributed by atoms with van der Waals surface area (Å²) in [6.07, 6.45) is 2.48. The smallest absolute Gasteiger partial charge is 0.446 e. The van der Waals surface area contributed by atoms with Crippen molar-refractivity contribution in [3.8, 4) is 23.0 Å². The van der Waals surface area contributed by atoms with Gasteiger partial charge in [-0.25, -0.2) is 0 Å². The van der Waals surface area contributed by atoms with Crippen molar-refractivity contribution in [1.29, 1.82) is 0 Å². The number of phenols is 2. The predicted molar refractivity (Wildman–Crippen MR) is 145 cm³/mol. The highest BCUT2D eigenvalue weighted by Gasteiger charge is 2.06. The van der Waals surface area contributed by atoms with Crippen LogP contribution in [0.5, 0.6) is 23.0 Å². The number of aromatic hydroxyl groups is 2. The Hall–Kier alpha value is -3.71. The second-order valence-corrected chi connectivity index (χ2v) is 10.2. The highest BCUT2D eigenvalue weighted by atomic mass is 32.3. The zero-order valence-corrected chi connectivity index (χ0v) is 23.5. The Bertz CT molecular complexity index is 1520. The number of benzene rings is 3. The molecule has 3 rings (SSSR count). The lowest BCUT2D eigenvalue weighted by Crippen LogP contribution is -2.06. The van der Waals surface area contributed by atoms with Gasteiger partial charge in [-0.15, -0.1) is 0 Å².